The number of hydrogen-bond donors (Lipinski definition) is 3. The number of rotatable bonds is 6. The first-order valence-corrected chi connectivity index (χ1v) is 10.6. The second-order valence-corrected chi connectivity index (χ2v) is 8.38. The summed E-state index contributed by atoms with van der Waals surface area (Å²) in [5, 5.41) is 15.3. The van der Waals surface area contributed by atoms with Gasteiger partial charge in [0.25, 0.3) is 5.91 Å². The molecule has 1 saturated carbocycles. The minimum Gasteiger partial charge on any atom is -0.481 e. The fourth-order valence-electron chi connectivity index (χ4n) is 4.00. The monoisotopic (exact) mass is 473 g/mol. The zero-order valence-corrected chi connectivity index (χ0v) is 18.4. The lowest BCUT2D eigenvalue weighted by Gasteiger charge is -2.30. The number of piperazine rings is 1. The molecule has 1 heterocycles. The van der Waals surface area contributed by atoms with E-state index in [9.17, 15) is 9.59 Å². The number of nitrogens with one attached hydrogen (secondary N) is 2. The van der Waals surface area contributed by atoms with E-state index in [0.717, 1.165) is 68.4 Å². The summed E-state index contributed by atoms with van der Waals surface area (Å²) in [7, 11) is 0. The fraction of sp³-hybridized carbons (Fsp3) is 0.600. The minimum absolute atomic E-state index is 0. The highest BCUT2D eigenvalue weighted by Gasteiger charge is 2.23. The van der Waals surface area contributed by atoms with Crippen LogP contribution in [0.15, 0.2) is 22.7 Å². The van der Waals surface area contributed by atoms with Crippen LogP contribution in [0.2, 0.25) is 0 Å². The summed E-state index contributed by atoms with van der Waals surface area (Å²) < 4.78 is 0.953. The zero-order chi connectivity index (χ0) is 19.2. The van der Waals surface area contributed by atoms with E-state index in [-0.39, 0.29) is 30.8 Å². The number of hydrogen-bond acceptors (Lipinski definition) is 4. The standard InChI is InChI=1S/C20H28BrN3O3.ClH/c21-17-13-15(4-7-18(17)24-11-9-22-10-12-24)20(27)23-16-5-1-14(2-6-16)3-8-19(25)26;/h4,7,13-14,16,22H,1-3,5-6,8-12H2,(H,23,27)(H,25,26);1H/t14-,16-;. The van der Waals surface area contributed by atoms with Gasteiger partial charge in [-0.1, -0.05) is 0 Å². The van der Waals surface area contributed by atoms with Gasteiger partial charge in [-0.15, -0.1) is 12.4 Å². The Morgan fingerprint density at radius 3 is 2.46 bits per heavy atom. The molecule has 0 atom stereocenters. The van der Waals surface area contributed by atoms with E-state index in [2.05, 4.69) is 31.5 Å². The molecule has 0 radical (unpaired) electrons. The normalized spacial score (nSPS) is 22.2. The number of nitrogens with zero attached hydrogens (tertiary/aromatic N) is 1. The first-order valence-electron chi connectivity index (χ1n) is 9.81. The average Bonchev–Trinajstić information content (AvgIpc) is 2.68. The van der Waals surface area contributed by atoms with Gasteiger partial charge in [0, 0.05) is 48.7 Å². The Morgan fingerprint density at radius 2 is 1.86 bits per heavy atom. The molecular weight excluding hydrogens is 446 g/mol. The number of halogens is 2. The van der Waals surface area contributed by atoms with Crippen molar-refractivity contribution in [1.82, 2.24) is 10.6 Å². The van der Waals surface area contributed by atoms with Gasteiger partial charge in [0.2, 0.25) is 0 Å². The number of aliphatic carboxylic acids is 1. The van der Waals surface area contributed by atoms with Crippen LogP contribution < -0.4 is 15.5 Å². The summed E-state index contributed by atoms with van der Waals surface area (Å²) in [5.41, 5.74) is 1.81. The van der Waals surface area contributed by atoms with Crippen LogP contribution >= 0.6 is 28.3 Å². The maximum absolute atomic E-state index is 12.6. The highest BCUT2D eigenvalue weighted by molar-refractivity contribution is 9.10. The van der Waals surface area contributed by atoms with E-state index in [1.807, 2.05) is 18.2 Å². The van der Waals surface area contributed by atoms with Crippen molar-refractivity contribution < 1.29 is 14.7 Å². The van der Waals surface area contributed by atoms with Crippen LogP contribution in [0, 0.1) is 5.92 Å². The zero-order valence-electron chi connectivity index (χ0n) is 16.0. The van der Waals surface area contributed by atoms with E-state index < -0.39 is 5.97 Å². The Morgan fingerprint density at radius 1 is 1.18 bits per heavy atom. The van der Waals surface area contributed by atoms with Crippen molar-refractivity contribution in [3.63, 3.8) is 0 Å². The molecule has 28 heavy (non-hydrogen) atoms. The topological polar surface area (TPSA) is 81.7 Å². The number of amides is 1. The Hall–Kier alpha value is -1.31. The molecule has 3 rings (SSSR count). The average molecular weight is 475 g/mol. The minimum atomic E-state index is -0.722. The molecule has 6 nitrogen and oxygen atoms in total. The van der Waals surface area contributed by atoms with Crippen molar-refractivity contribution in [3.05, 3.63) is 28.2 Å². The predicted molar refractivity (Wildman–Crippen MR) is 117 cm³/mol. The van der Waals surface area contributed by atoms with Crippen molar-refractivity contribution >= 4 is 45.9 Å². The van der Waals surface area contributed by atoms with E-state index in [1.165, 1.54) is 0 Å². The van der Waals surface area contributed by atoms with Gasteiger partial charge in [-0.3, -0.25) is 9.59 Å². The lowest BCUT2D eigenvalue weighted by atomic mass is 9.83. The molecule has 1 saturated heterocycles. The van der Waals surface area contributed by atoms with E-state index >= 15 is 0 Å². The fourth-order valence-corrected chi connectivity index (χ4v) is 4.63. The third-order valence-electron chi connectivity index (χ3n) is 5.62. The van der Waals surface area contributed by atoms with Crippen molar-refractivity contribution in [3.8, 4) is 0 Å². The highest BCUT2D eigenvalue weighted by atomic mass is 79.9. The first kappa shape index (κ1) is 23.0. The molecule has 1 amide bonds. The summed E-state index contributed by atoms with van der Waals surface area (Å²) in [6.45, 7) is 3.89. The Balaban J connectivity index is 0.00000280. The Bertz CT molecular complexity index is 675. The molecule has 3 N–H and O–H groups in total. The molecule has 0 aromatic heterocycles. The molecule has 0 unspecified atom stereocenters. The van der Waals surface area contributed by atoms with Crippen molar-refractivity contribution in [2.75, 3.05) is 31.1 Å². The first-order chi connectivity index (χ1) is 13.0. The second-order valence-electron chi connectivity index (χ2n) is 7.53. The second kappa shape index (κ2) is 11.0. The van der Waals surface area contributed by atoms with Crippen LogP contribution in [-0.4, -0.2) is 49.2 Å². The van der Waals surface area contributed by atoms with Gasteiger partial charge in [0.05, 0.1) is 5.69 Å². The number of carbonyl (C=O) groups excluding carboxylic acids is 1. The third kappa shape index (κ3) is 6.36. The van der Waals surface area contributed by atoms with Crippen LogP contribution in [0.3, 0.4) is 0 Å². The highest BCUT2D eigenvalue weighted by Crippen LogP contribution is 2.29. The van der Waals surface area contributed by atoms with Gasteiger partial charge in [-0.05, 0) is 72.2 Å². The summed E-state index contributed by atoms with van der Waals surface area (Å²) in [4.78, 5) is 25.6. The van der Waals surface area contributed by atoms with Gasteiger partial charge in [-0.25, -0.2) is 0 Å². The molecule has 8 heteroatoms. The van der Waals surface area contributed by atoms with Crippen molar-refractivity contribution in [2.45, 2.75) is 44.6 Å². The third-order valence-corrected chi connectivity index (χ3v) is 6.25. The summed E-state index contributed by atoms with van der Waals surface area (Å²) in [5.74, 6) is -0.279. The van der Waals surface area contributed by atoms with Crippen LogP contribution in [0.4, 0.5) is 5.69 Å². The smallest absolute Gasteiger partial charge is 0.303 e. The Labute approximate surface area is 181 Å². The molecule has 1 aromatic carbocycles. The number of carboxylic acids is 1. The summed E-state index contributed by atoms with van der Waals surface area (Å²) in [6.07, 6.45) is 4.82. The molecule has 2 aliphatic rings. The van der Waals surface area contributed by atoms with Gasteiger partial charge in [0.15, 0.2) is 0 Å². The van der Waals surface area contributed by atoms with Crippen LogP contribution in [0.1, 0.15) is 48.9 Å². The lowest BCUT2D eigenvalue weighted by Crippen LogP contribution is -2.43. The van der Waals surface area contributed by atoms with Gasteiger partial charge < -0.3 is 20.6 Å². The molecule has 1 aliphatic heterocycles. The maximum Gasteiger partial charge on any atom is 0.303 e. The molecule has 156 valence electrons. The van der Waals surface area contributed by atoms with Gasteiger partial charge in [-0.2, -0.15) is 0 Å². The molecule has 0 spiro atoms. The molecule has 0 bridgehead atoms. The van der Waals surface area contributed by atoms with E-state index in [1.54, 1.807) is 0 Å². The molecular formula is C20H29BrClN3O3. The van der Waals surface area contributed by atoms with Crippen LogP contribution in [0.5, 0.6) is 0 Å². The van der Waals surface area contributed by atoms with Gasteiger partial charge in [0.1, 0.15) is 0 Å². The summed E-state index contributed by atoms with van der Waals surface area (Å²) in [6, 6.07) is 6.01. The van der Waals surface area contributed by atoms with E-state index in [4.69, 9.17) is 5.11 Å². The number of anilines is 1. The van der Waals surface area contributed by atoms with E-state index in [0.29, 0.717) is 11.5 Å². The largest absolute Gasteiger partial charge is 0.481 e. The lowest BCUT2D eigenvalue weighted by molar-refractivity contribution is -0.137. The number of benzene rings is 1. The van der Waals surface area contributed by atoms with Gasteiger partial charge >= 0.3 is 5.97 Å². The van der Waals surface area contributed by atoms with Crippen molar-refractivity contribution in [2.24, 2.45) is 5.92 Å². The van der Waals surface area contributed by atoms with Crippen LogP contribution in [0.25, 0.3) is 0 Å². The SMILES string of the molecule is Cl.O=C(O)CC[C@H]1CC[C@H](NC(=O)c2ccc(N3CCNCC3)c(Br)c2)CC1. The number of carboxylic acid groups (broad SMARTS) is 1. The van der Waals surface area contributed by atoms with Crippen LogP contribution in [-0.2, 0) is 4.79 Å². The Kier molecular flexibility index (Phi) is 9.05. The van der Waals surface area contributed by atoms with Crippen molar-refractivity contribution in [1.29, 1.82) is 0 Å². The molecule has 1 aliphatic carbocycles. The number of carbonyl (C=O) groups is 2. The quantitative estimate of drug-likeness (QED) is 0.588. The summed E-state index contributed by atoms with van der Waals surface area (Å²) >= 11 is 3.62. The molecule has 2 fully saturated rings. The maximum atomic E-state index is 12.6. The predicted octanol–water partition coefficient (Wildman–Crippen LogP) is 3.43. The molecule has 1 aromatic rings.